The van der Waals surface area contributed by atoms with E-state index >= 15 is 0 Å². The lowest BCUT2D eigenvalue weighted by atomic mass is 10.1. The van der Waals surface area contributed by atoms with E-state index in [0.29, 0.717) is 13.1 Å². The molecule has 0 aliphatic heterocycles. The molecule has 0 spiro atoms. The van der Waals surface area contributed by atoms with Crippen molar-refractivity contribution in [1.29, 1.82) is 0 Å². The van der Waals surface area contributed by atoms with Crippen molar-refractivity contribution in [3.63, 3.8) is 0 Å². The van der Waals surface area contributed by atoms with Crippen LogP contribution in [-0.4, -0.2) is 34.2 Å². The zero-order valence-corrected chi connectivity index (χ0v) is 9.47. The largest absolute Gasteiger partial charge is 0.480 e. The van der Waals surface area contributed by atoms with E-state index in [0.717, 1.165) is 11.1 Å². The van der Waals surface area contributed by atoms with Gasteiger partial charge in [-0.2, -0.15) is 0 Å². The van der Waals surface area contributed by atoms with Crippen LogP contribution in [-0.2, 0) is 17.9 Å². The van der Waals surface area contributed by atoms with Gasteiger partial charge in [0.1, 0.15) is 0 Å². The third-order valence-corrected chi connectivity index (χ3v) is 2.29. The van der Waals surface area contributed by atoms with E-state index in [-0.39, 0.29) is 13.2 Å². The molecule has 0 radical (unpaired) electrons. The fourth-order valence-corrected chi connectivity index (χ4v) is 1.50. The normalized spacial score (nSPS) is 10.2. The molecular weight excluding hydrogens is 218 g/mol. The molecule has 0 unspecified atom stereocenters. The van der Waals surface area contributed by atoms with Crippen LogP contribution in [0.1, 0.15) is 11.1 Å². The van der Waals surface area contributed by atoms with E-state index in [9.17, 15) is 4.79 Å². The average molecular weight is 233 g/mol. The van der Waals surface area contributed by atoms with Crippen molar-refractivity contribution >= 4 is 5.97 Å². The summed E-state index contributed by atoms with van der Waals surface area (Å²) in [5.41, 5.74) is 1.80. The summed E-state index contributed by atoms with van der Waals surface area (Å²) >= 11 is 0. The zero-order chi connectivity index (χ0) is 12.7. The van der Waals surface area contributed by atoms with Gasteiger partial charge in [0.2, 0.25) is 0 Å². The molecule has 0 atom stereocenters. The Hall–Kier alpha value is -1.83. The molecule has 0 saturated heterocycles. The summed E-state index contributed by atoms with van der Waals surface area (Å²) in [6.45, 7) is 0.714. The summed E-state index contributed by atoms with van der Waals surface area (Å²) in [4.78, 5) is 12.3. The van der Waals surface area contributed by atoms with Gasteiger partial charge in [0, 0.05) is 6.54 Å². The van der Waals surface area contributed by atoms with Crippen LogP contribution in [0.3, 0.4) is 0 Å². The number of aliphatic hydroxyl groups excluding tert-OH is 1. The van der Waals surface area contributed by atoms with Crippen LogP contribution in [0, 0.1) is 12.3 Å². The number of carbonyl (C=O) groups is 1. The monoisotopic (exact) mass is 233 g/mol. The van der Waals surface area contributed by atoms with Crippen molar-refractivity contribution in [2.45, 2.75) is 13.2 Å². The molecule has 4 nitrogen and oxygen atoms in total. The van der Waals surface area contributed by atoms with E-state index in [2.05, 4.69) is 5.92 Å². The predicted octanol–water partition coefficient (Wildman–Crippen LogP) is 0.699. The topological polar surface area (TPSA) is 60.8 Å². The lowest BCUT2D eigenvalue weighted by Crippen LogP contribution is -2.29. The summed E-state index contributed by atoms with van der Waals surface area (Å²) in [5, 5.41) is 17.6. The number of aliphatic hydroxyl groups is 1. The van der Waals surface area contributed by atoms with Crippen molar-refractivity contribution in [2.24, 2.45) is 0 Å². The second-order valence-electron chi connectivity index (χ2n) is 3.72. The molecule has 0 fully saturated rings. The van der Waals surface area contributed by atoms with Crippen LogP contribution < -0.4 is 0 Å². The molecule has 17 heavy (non-hydrogen) atoms. The SMILES string of the molecule is C#CCN(CC(=O)O)Cc1ccc(CO)cc1. The zero-order valence-electron chi connectivity index (χ0n) is 9.47. The minimum atomic E-state index is -0.896. The van der Waals surface area contributed by atoms with E-state index < -0.39 is 5.97 Å². The first-order chi connectivity index (χ1) is 8.15. The summed E-state index contributed by atoms with van der Waals surface area (Å²) in [5.74, 6) is 1.54. The van der Waals surface area contributed by atoms with Gasteiger partial charge in [-0.15, -0.1) is 6.42 Å². The Morgan fingerprint density at radius 1 is 1.29 bits per heavy atom. The molecule has 0 aliphatic carbocycles. The number of carboxylic acids is 1. The summed E-state index contributed by atoms with van der Waals surface area (Å²) in [7, 11) is 0. The molecule has 1 aromatic carbocycles. The molecular formula is C13H15NO3. The predicted molar refractivity (Wildman–Crippen MR) is 64.1 cm³/mol. The van der Waals surface area contributed by atoms with Gasteiger partial charge in [-0.3, -0.25) is 9.69 Å². The van der Waals surface area contributed by atoms with Crippen molar-refractivity contribution in [2.75, 3.05) is 13.1 Å². The van der Waals surface area contributed by atoms with Gasteiger partial charge in [0.15, 0.2) is 0 Å². The second kappa shape index (κ2) is 6.69. The van der Waals surface area contributed by atoms with Gasteiger partial charge in [-0.25, -0.2) is 0 Å². The molecule has 0 amide bonds. The third-order valence-electron chi connectivity index (χ3n) is 2.29. The molecule has 0 aliphatic rings. The molecule has 90 valence electrons. The Labute approximate surface area is 100 Å². The van der Waals surface area contributed by atoms with Gasteiger partial charge in [-0.1, -0.05) is 30.2 Å². The van der Waals surface area contributed by atoms with E-state index in [1.165, 1.54) is 0 Å². The van der Waals surface area contributed by atoms with Crippen LogP contribution in [0.4, 0.5) is 0 Å². The number of aliphatic carboxylic acids is 1. The minimum Gasteiger partial charge on any atom is -0.480 e. The summed E-state index contributed by atoms with van der Waals surface area (Å²) < 4.78 is 0. The van der Waals surface area contributed by atoms with Gasteiger partial charge in [0.25, 0.3) is 0 Å². The Morgan fingerprint density at radius 2 is 1.88 bits per heavy atom. The first kappa shape index (κ1) is 13.2. The van der Waals surface area contributed by atoms with E-state index in [1.807, 2.05) is 24.3 Å². The van der Waals surface area contributed by atoms with Gasteiger partial charge in [0.05, 0.1) is 19.7 Å². The molecule has 0 aromatic heterocycles. The highest BCUT2D eigenvalue weighted by Gasteiger charge is 2.08. The molecule has 1 aromatic rings. The maximum Gasteiger partial charge on any atom is 0.317 e. The van der Waals surface area contributed by atoms with Gasteiger partial charge >= 0.3 is 5.97 Å². The van der Waals surface area contributed by atoms with Crippen LogP contribution in [0.25, 0.3) is 0 Å². The van der Waals surface area contributed by atoms with Crippen LogP contribution in [0.2, 0.25) is 0 Å². The Kier molecular flexibility index (Phi) is 5.21. The maximum absolute atomic E-state index is 10.6. The highest BCUT2D eigenvalue weighted by molar-refractivity contribution is 5.69. The Bertz CT molecular complexity index is 406. The van der Waals surface area contributed by atoms with Crippen molar-refractivity contribution in [3.05, 3.63) is 35.4 Å². The second-order valence-corrected chi connectivity index (χ2v) is 3.72. The van der Waals surface area contributed by atoms with Crippen LogP contribution >= 0.6 is 0 Å². The van der Waals surface area contributed by atoms with Crippen LogP contribution in [0.15, 0.2) is 24.3 Å². The number of hydrogen-bond acceptors (Lipinski definition) is 3. The Morgan fingerprint density at radius 3 is 2.35 bits per heavy atom. The summed E-state index contributed by atoms with van der Waals surface area (Å²) in [6, 6.07) is 7.34. The lowest BCUT2D eigenvalue weighted by molar-refractivity contribution is -0.138. The smallest absolute Gasteiger partial charge is 0.317 e. The van der Waals surface area contributed by atoms with Crippen LogP contribution in [0.5, 0.6) is 0 Å². The highest BCUT2D eigenvalue weighted by atomic mass is 16.4. The Balaban J connectivity index is 2.65. The molecule has 0 saturated carbocycles. The summed E-state index contributed by atoms with van der Waals surface area (Å²) in [6.07, 6.45) is 5.19. The molecule has 0 heterocycles. The fourth-order valence-electron chi connectivity index (χ4n) is 1.50. The third kappa shape index (κ3) is 4.68. The first-order valence-electron chi connectivity index (χ1n) is 5.22. The lowest BCUT2D eigenvalue weighted by Gasteiger charge is -2.17. The van der Waals surface area contributed by atoms with E-state index in [1.54, 1.807) is 4.90 Å². The molecule has 4 heteroatoms. The number of rotatable bonds is 6. The maximum atomic E-state index is 10.6. The number of carboxylic acid groups (broad SMARTS) is 1. The fraction of sp³-hybridized carbons (Fsp3) is 0.308. The minimum absolute atomic E-state index is 0.00345. The number of nitrogens with zero attached hydrogens (tertiary/aromatic N) is 1. The molecule has 1 rings (SSSR count). The molecule has 2 N–H and O–H groups in total. The standard InChI is InChI=1S/C13H15NO3/c1-2-7-14(9-13(16)17)8-11-3-5-12(10-15)6-4-11/h1,3-6,15H,7-10H2,(H,16,17). The number of hydrogen-bond donors (Lipinski definition) is 2. The quantitative estimate of drug-likeness (QED) is 0.710. The van der Waals surface area contributed by atoms with Crippen molar-refractivity contribution < 1.29 is 15.0 Å². The van der Waals surface area contributed by atoms with E-state index in [4.69, 9.17) is 16.6 Å². The average Bonchev–Trinajstić information content (AvgIpc) is 2.29. The van der Waals surface area contributed by atoms with Crippen molar-refractivity contribution in [1.82, 2.24) is 4.90 Å². The first-order valence-corrected chi connectivity index (χ1v) is 5.22. The molecule has 0 bridgehead atoms. The number of terminal acetylenes is 1. The number of benzene rings is 1. The van der Waals surface area contributed by atoms with Gasteiger partial charge < -0.3 is 10.2 Å². The van der Waals surface area contributed by atoms with Crippen molar-refractivity contribution in [3.8, 4) is 12.3 Å². The highest BCUT2D eigenvalue weighted by Crippen LogP contribution is 2.07. The van der Waals surface area contributed by atoms with Gasteiger partial charge in [-0.05, 0) is 11.1 Å².